The molecule has 0 bridgehead atoms. The molecule has 1 atom stereocenters. The fourth-order valence-electron chi connectivity index (χ4n) is 2.20. The fourth-order valence-corrected chi connectivity index (χ4v) is 2.54. The van der Waals surface area contributed by atoms with Crippen LogP contribution in [0.4, 0.5) is 5.82 Å². The largest absolute Gasteiger partial charge is 0.384 e. The van der Waals surface area contributed by atoms with E-state index >= 15 is 0 Å². The molecule has 0 aliphatic heterocycles. The predicted molar refractivity (Wildman–Crippen MR) is 90.4 cm³/mol. The first-order valence-corrected chi connectivity index (χ1v) is 7.74. The Morgan fingerprint density at radius 1 is 1.27 bits per heavy atom. The van der Waals surface area contributed by atoms with E-state index in [1.807, 2.05) is 31.2 Å². The molecular weight excluding hydrogens is 298 g/mol. The second-order valence-corrected chi connectivity index (χ2v) is 6.42. The summed E-state index contributed by atoms with van der Waals surface area (Å²) in [6, 6.07) is 9.18. The number of nitrogens with one attached hydrogen (secondary N) is 1. The van der Waals surface area contributed by atoms with Crippen molar-refractivity contribution in [2.75, 3.05) is 11.9 Å². The van der Waals surface area contributed by atoms with Gasteiger partial charge in [0.2, 0.25) is 0 Å². The van der Waals surface area contributed by atoms with Gasteiger partial charge in [-0.25, -0.2) is 9.97 Å². The van der Waals surface area contributed by atoms with Crippen molar-refractivity contribution in [3.8, 4) is 0 Å². The molecule has 0 amide bonds. The lowest BCUT2D eigenvalue weighted by Gasteiger charge is -2.25. The first-order chi connectivity index (χ1) is 10.3. The molecule has 118 valence electrons. The van der Waals surface area contributed by atoms with Crippen LogP contribution in [0.15, 0.2) is 30.3 Å². The van der Waals surface area contributed by atoms with Crippen molar-refractivity contribution in [1.82, 2.24) is 9.97 Å². The maximum atomic E-state index is 10.7. The minimum atomic E-state index is -1.09. The molecule has 0 aliphatic rings. The van der Waals surface area contributed by atoms with Gasteiger partial charge in [-0.1, -0.05) is 43.6 Å². The van der Waals surface area contributed by atoms with E-state index in [1.54, 1.807) is 13.0 Å². The van der Waals surface area contributed by atoms with E-state index in [9.17, 15) is 5.11 Å². The molecule has 1 aromatic carbocycles. The number of hydrogen-bond acceptors (Lipinski definition) is 4. The van der Waals surface area contributed by atoms with Crippen LogP contribution in [0.5, 0.6) is 0 Å². The highest BCUT2D eigenvalue weighted by atomic mass is 35.5. The number of anilines is 1. The number of aromatic nitrogens is 2. The zero-order valence-corrected chi connectivity index (χ0v) is 14.1. The number of hydrogen-bond donors (Lipinski definition) is 2. The van der Waals surface area contributed by atoms with Gasteiger partial charge in [0.05, 0.1) is 0 Å². The van der Waals surface area contributed by atoms with Gasteiger partial charge in [0.1, 0.15) is 17.2 Å². The van der Waals surface area contributed by atoms with Crippen molar-refractivity contribution in [3.05, 3.63) is 52.4 Å². The summed E-state index contributed by atoms with van der Waals surface area (Å²) in [4.78, 5) is 8.90. The molecule has 4 nitrogen and oxygen atoms in total. The highest BCUT2D eigenvalue weighted by Gasteiger charge is 2.25. The molecule has 1 aromatic heterocycles. The number of nitrogens with zero attached hydrogens (tertiary/aromatic N) is 2. The van der Waals surface area contributed by atoms with Gasteiger partial charge in [-0.3, -0.25) is 0 Å². The van der Waals surface area contributed by atoms with Crippen molar-refractivity contribution in [1.29, 1.82) is 0 Å². The van der Waals surface area contributed by atoms with Gasteiger partial charge in [0.25, 0.3) is 0 Å². The summed E-state index contributed by atoms with van der Waals surface area (Å²) in [5, 5.41) is 14.4. The minimum Gasteiger partial charge on any atom is -0.384 e. The lowest BCUT2D eigenvalue weighted by atomic mass is 9.96. The monoisotopic (exact) mass is 319 g/mol. The molecular formula is C17H22ClN3O. The van der Waals surface area contributed by atoms with Crippen LogP contribution < -0.4 is 5.32 Å². The maximum absolute atomic E-state index is 10.7. The Labute approximate surface area is 136 Å². The van der Waals surface area contributed by atoms with Crippen molar-refractivity contribution in [2.45, 2.75) is 39.2 Å². The average molecular weight is 320 g/mol. The zero-order chi connectivity index (χ0) is 16.3. The number of aryl methyl sites for hydroxylation is 1. The summed E-state index contributed by atoms with van der Waals surface area (Å²) in [6.45, 7) is 8.09. The summed E-state index contributed by atoms with van der Waals surface area (Å²) < 4.78 is 0. The first kappa shape index (κ1) is 16.7. The quantitative estimate of drug-likeness (QED) is 0.878. The second kappa shape index (κ2) is 6.63. The Balaban J connectivity index is 2.17. The Morgan fingerprint density at radius 2 is 1.95 bits per heavy atom. The van der Waals surface area contributed by atoms with Crippen LogP contribution in [0.1, 0.15) is 43.8 Å². The fraction of sp³-hybridized carbons (Fsp3) is 0.412. The normalized spacial score (nSPS) is 14.0. The van der Waals surface area contributed by atoms with Crippen LogP contribution in [0.25, 0.3) is 0 Å². The number of benzene rings is 1. The van der Waals surface area contributed by atoms with E-state index in [-0.39, 0.29) is 5.92 Å². The Kier molecular flexibility index (Phi) is 5.04. The molecule has 0 aliphatic carbocycles. The van der Waals surface area contributed by atoms with Gasteiger partial charge in [0, 0.05) is 34.8 Å². The topological polar surface area (TPSA) is 58.0 Å². The van der Waals surface area contributed by atoms with Crippen molar-refractivity contribution in [2.24, 2.45) is 0 Å². The van der Waals surface area contributed by atoms with Crippen LogP contribution in [-0.2, 0) is 5.60 Å². The summed E-state index contributed by atoms with van der Waals surface area (Å²) in [5.41, 5.74) is 0.507. The van der Waals surface area contributed by atoms with Crippen molar-refractivity contribution >= 4 is 17.4 Å². The number of halogens is 1. The molecule has 1 heterocycles. The van der Waals surface area contributed by atoms with Gasteiger partial charge in [-0.2, -0.15) is 0 Å². The van der Waals surface area contributed by atoms with Crippen LogP contribution in [0.2, 0.25) is 5.02 Å². The molecule has 22 heavy (non-hydrogen) atoms. The third kappa shape index (κ3) is 3.96. The molecule has 2 aromatic rings. The van der Waals surface area contributed by atoms with E-state index in [4.69, 9.17) is 11.6 Å². The average Bonchev–Trinajstić information content (AvgIpc) is 2.45. The van der Waals surface area contributed by atoms with Crippen LogP contribution in [-0.4, -0.2) is 21.6 Å². The standard InChI is InChI=1S/C17H22ClN3O/c1-11(2)16-20-12(3)9-15(21-16)19-10-17(4,22)13-7-5-6-8-14(13)18/h5-9,11,22H,10H2,1-4H3,(H,19,20,21). The summed E-state index contributed by atoms with van der Waals surface area (Å²) >= 11 is 6.17. The first-order valence-electron chi connectivity index (χ1n) is 7.36. The SMILES string of the molecule is Cc1cc(NCC(C)(O)c2ccccc2Cl)nc(C(C)C)n1. The third-order valence-corrected chi connectivity index (χ3v) is 3.79. The molecule has 2 N–H and O–H groups in total. The van der Waals surface area contributed by atoms with E-state index in [0.717, 1.165) is 11.5 Å². The number of aliphatic hydroxyl groups is 1. The minimum absolute atomic E-state index is 0.254. The molecule has 5 heteroatoms. The maximum Gasteiger partial charge on any atom is 0.133 e. The van der Waals surface area contributed by atoms with Crippen molar-refractivity contribution in [3.63, 3.8) is 0 Å². The lowest BCUT2D eigenvalue weighted by molar-refractivity contribution is 0.0715. The van der Waals surface area contributed by atoms with Crippen LogP contribution in [0.3, 0.4) is 0 Å². The van der Waals surface area contributed by atoms with Gasteiger partial charge < -0.3 is 10.4 Å². The van der Waals surface area contributed by atoms with Crippen molar-refractivity contribution < 1.29 is 5.11 Å². The van der Waals surface area contributed by atoms with Gasteiger partial charge in [-0.15, -0.1) is 0 Å². The summed E-state index contributed by atoms with van der Waals surface area (Å²) in [7, 11) is 0. The Morgan fingerprint density at radius 3 is 2.59 bits per heavy atom. The van der Waals surface area contributed by atoms with Gasteiger partial charge >= 0.3 is 0 Å². The van der Waals surface area contributed by atoms with Gasteiger partial charge in [-0.05, 0) is 19.9 Å². The lowest BCUT2D eigenvalue weighted by Crippen LogP contribution is -2.31. The molecule has 0 fully saturated rings. The van der Waals surface area contributed by atoms with E-state index in [0.29, 0.717) is 22.9 Å². The zero-order valence-electron chi connectivity index (χ0n) is 13.4. The van der Waals surface area contributed by atoms with Gasteiger partial charge in [0.15, 0.2) is 0 Å². The number of rotatable bonds is 5. The second-order valence-electron chi connectivity index (χ2n) is 6.01. The molecule has 0 saturated carbocycles. The highest BCUT2D eigenvalue weighted by Crippen LogP contribution is 2.28. The Hall–Kier alpha value is -1.65. The molecule has 1 unspecified atom stereocenters. The smallest absolute Gasteiger partial charge is 0.133 e. The van der Waals surface area contributed by atoms with E-state index in [2.05, 4.69) is 29.1 Å². The summed E-state index contributed by atoms with van der Waals surface area (Å²) in [6.07, 6.45) is 0. The van der Waals surface area contributed by atoms with Crippen LogP contribution >= 0.6 is 11.6 Å². The Bertz CT molecular complexity index is 656. The molecule has 0 radical (unpaired) electrons. The van der Waals surface area contributed by atoms with E-state index < -0.39 is 5.60 Å². The molecule has 2 rings (SSSR count). The van der Waals surface area contributed by atoms with E-state index in [1.165, 1.54) is 0 Å². The third-order valence-electron chi connectivity index (χ3n) is 3.46. The van der Waals surface area contributed by atoms with Crippen LogP contribution in [0, 0.1) is 6.92 Å². The molecule has 0 spiro atoms. The molecule has 0 saturated heterocycles. The highest BCUT2D eigenvalue weighted by molar-refractivity contribution is 6.31. The predicted octanol–water partition coefficient (Wildman–Crippen LogP) is 3.88. The summed E-state index contributed by atoms with van der Waals surface area (Å²) in [5.74, 6) is 1.76.